The van der Waals surface area contributed by atoms with E-state index in [-0.39, 0.29) is 6.41 Å². The summed E-state index contributed by atoms with van der Waals surface area (Å²) in [5.41, 5.74) is 4.17. The summed E-state index contributed by atoms with van der Waals surface area (Å²) in [5, 5.41) is 4.03. The third kappa shape index (κ3) is 7.85. The Kier molecular flexibility index (Phi) is 9.97. The molecular weight excluding hydrogens is 497 g/mol. The fourth-order valence-electron chi connectivity index (χ4n) is 4.88. The minimum Gasteiger partial charge on any atom is -0.441 e. The number of amides is 2. The van der Waals surface area contributed by atoms with Gasteiger partial charge in [0.05, 0.1) is 5.56 Å². The summed E-state index contributed by atoms with van der Waals surface area (Å²) in [6.45, 7) is 2.47. The molecule has 2 N–H and O–H groups in total. The summed E-state index contributed by atoms with van der Waals surface area (Å²) in [7, 11) is 0. The normalized spacial score (nSPS) is 14.6. The van der Waals surface area contributed by atoms with Crippen molar-refractivity contribution in [3.05, 3.63) is 119 Å². The summed E-state index contributed by atoms with van der Waals surface area (Å²) in [6, 6.07) is 28.6. The van der Waals surface area contributed by atoms with Crippen LogP contribution in [0.3, 0.4) is 0 Å². The monoisotopic (exact) mass is 529 g/mol. The van der Waals surface area contributed by atoms with Crippen molar-refractivity contribution >= 4 is 18.3 Å². The molecule has 1 fully saturated rings. The topological polar surface area (TPSA) is 87.7 Å². The van der Waals surface area contributed by atoms with Crippen LogP contribution in [0.1, 0.15) is 51.7 Å². The molecule has 0 atom stereocenters. The van der Waals surface area contributed by atoms with E-state index in [1.165, 1.54) is 16.7 Å². The lowest BCUT2D eigenvalue weighted by Crippen LogP contribution is -2.36. The Morgan fingerprint density at radius 3 is 2.08 bits per heavy atom. The van der Waals surface area contributed by atoms with Crippen molar-refractivity contribution in [2.45, 2.75) is 24.7 Å². The smallest absolute Gasteiger partial charge is 0.339 e. The maximum absolute atomic E-state index is 13.4. The van der Waals surface area contributed by atoms with Crippen molar-refractivity contribution in [3.63, 3.8) is 0 Å². The number of hydrogen-bond acceptors (Lipinski definition) is 5. The summed E-state index contributed by atoms with van der Waals surface area (Å²) in [4.78, 5) is 36.5. The molecule has 3 aromatic carbocycles. The zero-order valence-corrected chi connectivity index (χ0v) is 21.6. The number of piperidine rings is 1. The SMILES string of the molecule is O=CN/C=C(/F)C(=O)NCOC(=O)c1ccc(C2CCN(CC(c3ccccc3)c3ccccc3)CC2)cc1. The van der Waals surface area contributed by atoms with Gasteiger partial charge in [-0.25, -0.2) is 4.79 Å². The van der Waals surface area contributed by atoms with Crippen molar-refractivity contribution < 1.29 is 23.5 Å². The molecule has 202 valence electrons. The zero-order chi connectivity index (χ0) is 27.5. The van der Waals surface area contributed by atoms with E-state index in [9.17, 15) is 18.8 Å². The second kappa shape index (κ2) is 14.0. The average molecular weight is 530 g/mol. The lowest BCUT2D eigenvalue weighted by molar-refractivity contribution is -0.120. The standard InChI is InChI=1S/C31H32FN3O4/c32-29(19-33-21-36)30(37)34-22-39-31(38)27-13-11-23(12-14-27)24-15-17-35(18-16-24)20-28(25-7-3-1-4-8-25)26-9-5-2-6-10-26/h1-14,19,21,24,28H,15-18,20,22H2,(H,33,36)(H,34,37)/b29-19+. The van der Waals surface area contributed by atoms with Gasteiger partial charge in [-0.1, -0.05) is 72.8 Å². The Labute approximate surface area is 227 Å². The molecule has 39 heavy (non-hydrogen) atoms. The third-order valence-corrected chi connectivity index (χ3v) is 6.98. The summed E-state index contributed by atoms with van der Waals surface area (Å²) in [6.07, 6.45) is 2.90. The van der Waals surface area contributed by atoms with E-state index in [0.717, 1.165) is 32.5 Å². The number of carbonyl (C=O) groups excluding carboxylic acids is 3. The number of nitrogens with zero attached hydrogens (tertiary/aromatic N) is 1. The van der Waals surface area contributed by atoms with Gasteiger partial charge in [-0.15, -0.1) is 0 Å². The van der Waals surface area contributed by atoms with Crippen LogP contribution >= 0.6 is 0 Å². The number of hydrogen-bond donors (Lipinski definition) is 2. The molecule has 2 amide bonds. The van der Waals surface area contributed by atoms with Gasteiger partial charge in [0, 0.05) is 18.7 Å². The molecule has 1 heterocycles. The van der Waals surface area contributed by atoms with Crippen molar-refractivity contribution in [3.8, 4) is 0 Å². The maximum atomic E-state index is 13.4. The highest BCUT2D eigenvalue weighted by atomic mass is 19.1. The zero-order valence-electron chi connectivity index (χ0n) is 21.6. The first kappa shape index (κ1) is 27.7. The fourth-order valence-corrected chi connectivity index (χ4v) is 4.88. The van der Waals surface area contributed by atoms with E-state index in [1.54, 1.807) is 12.1 Å². The molecule has 0 spiro atoms. The fraction of sp³-hybridized carbons (Fsp3) is 0.258. The molecule has 7 nitrogen and oxygen atoms in total. The van der Waals surface area contributed by atoms with Gasteiger partial charge in [0.25, 0.3) is 5.91 Å². The average Bonchev–Trinajstić information content (AvgIpc) is 2.99. The molecule has 0 unspecified atom stereocenters. The molecule has 0 radical (unpaired) electrons. The van der Waals surface area contributed by atoms with E-state index in [1.807, 2.05) is 17.4 Å². The van der Waals surface area contributed by atoms with Gasteiger partial charge in [-0.2, -0.15) is 4.39 Å². The van der Waals surface area contributed by atoms with E-state index in [2.05, 4.69) is 70.9 Å². The van der Waals surface area contributed by atoms with Crippen LogP contribution in [0.5, 0.6) is 0 Å². The number of halogens is 1. The molecule has 0 aliphatic carbocycles. The predicted molar refractivity (Wildman–Crippen MR) is 146 cm³/mol. The summed E-state index contributed by atoms with van der Waals surface area (Å²) >= 11 is 0. The van der Waals surface area contributed by atoms with Gasteiger partial charge in [-0.3, -0.25) is 9.59 Å². The largest absolute Gasteiger partial charge is 0.441 e. The van der Waals surface area contributed by atoms with Crippen molar-refractivity contribution in [2.24, 2.45) is 0 Å². The molecule has 0 aromatic heterocycles. The Balaban J connectivity index is 1.27. The lowest BCUT2D eigenvalue weighted by Gasteiger charge is -2.35. The van der Waals surface area contributed by atoms with Gasteiger partial charge in [0.1, 0.15) is 0 Å². The first-order valence-corrected chi connectivity index (χ1v) is 13.0. The lowest BCUT2D eigenvalue weighted by atomic mass is 9.87. The number of esters is 1. The second-order valence-electron chi connectivity index (χ2n) is 9.43. The predicted octanol–water partition coefficient (Wildman–Crippen LogP) is 4.49. The first-order chi connectivity index (χ1) is 19.0. The van der Waals surface area contributed by atoms with Crippen LogP contribution in [-0.2, 0) is 14.3 Å². The van der Waals surface area contributed by atoms with Gasteiger partial charge in [0.2, 0.25) is 12.2 Å². The Bertz CT molecular complexity index is 1220. The molecule has 1 aliphatic heterocycles. The van der Waals surface area contributed by atoms with E-state index in [0.29, 0.717) is 23.6 Å². The van der Waals surface area contributed by atoms with Gasteiger partial charge in [-0.05, 0) is 60.7 Å². The minimum absolute atomic E-state index is 0.229. The highest BCUT2D eigenvalue weighted by Crippen LogP contribution is 2.31. The highest BCUT2D eigenvalue weighted by molar-refractivity contribution is 5.92. The quantitative estimate of drug-likeness (QED) is 0.166. The Morgan fingerprint density at radius 1 is 0.923 bits per heavy atom. The molecule has 0 bridgehead atoms. The van der Waals surface area contributed by atoms with Gasteiger partial charge < -0.3 is 20.3 Å². The van der Waals surface area contributed by atoms with Crippen molar-refractivity contribution in [2.75, 3.05) is 26.4 Å². The van der Waals surface area contributed by atoms with Crippen LogP contribution in [0.25, 0.3) is 0 Å². The molecule has 8 heteroatoms. The van der Waals surface area contributed by atoms with Crippen LogP contribution in [-0.4, -0.2) is 49.6 Å². The number of benzene rings is 3. The summed E-state index contributed by atoms with van der Waals surface area (Å²) < 4.78 is 18.4. The third-order valence-electron chi connectivity index (χ3n) is 6.98. The van der Waals surface area contributed by atoms with Crippen LogP contribution in [0.2, 0.25) is 0 Å². The number of carbonyl (C=O) groups is 3. The molecule has 1 aliphatic rings. The van der Waals surface area contributed by atoms with Crippen LogP contribution in [0.15, 0.2) is 97.0 Å². The molecule has 3 aromatic rings. The maximum Gasteiger partial charge on any atom is 0.339 e. The van der Waals surface area contributed by atoms with Gasteiger partial charge in [0.15, 0.2) is 6.73 Å². The Hall–Kier alpha value is -4.30. The number of rotatable bonds is 11. The van der Waals surface area contributed by atoms with Crippen molar-refractivity contribution in [1.29, 1.82) is 0 Å². The highest BCUT2D eigenvalue weighted by Gasteiger charge is 2.24. The molecule has 4 rings (SSSR count). The van der Waals surface area contributed by atoms with Crippen LogP contribution in [0, 0.1) is 0 Å². The first-order valence-electron chi connectivity index (χ1n) is 13.0. The number of ether oxygens (including phenoxy) is 1. The van der Waals surface area contributed by atoms with Crippen LogP contribution < -0.4 is 10.6 Å². The summed E-state index contributed by atoms with van der Waals surface area (Å²) in [5.74, 6) is -2.20. The number of likely N-dealkylation sites (tertiary alicyclic amines) is 1. The van der Waals surface area contributed by atoms with E-state index in [4.69, 9.17) is 4.74 Å². The van der Waals surface area contributed by atoms with Crippen LogP contribution in [0.4, 0.5) is 4.39 Å². The van der Waals surface area contributed by atoms with E-state index >= 15 is 0 Å². The second-order valence-corrected chi connectivity index (χ2v) is 9.43. The van der Waals surface area contributed by atoms with Crippen molar-refractivity contribution in [1.82, 2.24) is 15.5 Å². The molecule has 0 saturated carbocycles. The van der Waals surface area contributed by atoms with E-state index < -0.39 is 24.4 Å². The molecule has 1 saturated heterocycles. The Morgan fingerprint density at radius 2 is 1.51 bits per heavy atom. The van der Waals surface area contributed by atoms with Gasteiger partial charge >= 0.3 is 5.97 Å². The minimum atomic E-state index is -1.20. The number of nitrogens with one attached hydrogen (secondary N) is 2. The molecular formula is C31H32FN3O4.